The van der Waals surface area contributed by atoms with Gasteiger partial charge in [-0.1, -0.05) is 0 Å². The van der Waals surface area contributed by atoms with Crippen LogP contribution in [0.4, 0.5) is 0 Å². The van der Waals surface area contributed by atoms with Gasteiger partial charge in [-0.05, 0) is 45.1 Å². The van der Waals surface area contributed by atoms with Crippen molar-refractivity contribution >= 4 is 16.9 Å². The van der Waals surface area contributed by atoms with Gasteiger partial charge in [-0.2, -0.15) is 5.10 Å². The molecule has 2 aromatic rings. The Morgan fingerprint density at radius 2 is 2.21 bits per heavy atom. The van der Waals surface area contributed by atoms with E-state index in [0.29, 0.717) is 11.5 Å². The van der Waals surface area contributed by atoms with Crippen LogP contribution in [-0.4, -0.2) is 38.4 Å². The maximum atomic E-state index is 13.0. The van der Waals surface area contributed by atoms with E-state index in [2.05, 4.69) is 17.3 Å². The molecule has 2 aliphatic carbocycles. The van der Waals surface area contributed by atoms with Crippen LogP contribution in [0.1, 0.15) is 61.0 Å². The molecule has 1 N–H and O–H groups in total. The van der Waals surface area contributed by atoms with E-state index in [0.717, 1.165) is 55.4 Å². The first kappa shape index (κ1) is 14.4. The Labute approximate surface area is 140 Å². The topological polar surface area (TPSA) is 69.0 Å². The zero-order chi connectivity index (χ0) is 16.5. The van der Waals surface area contributed by atoms with Crippen LogP contribution in [0, 0.1) is 0 Å². The Balaban J connectivity index is 1.50. The molecule has 0 spiro atoms. The van der Waals surface area contributed by atoms with Crippen LogP contribution in [-0.2, 0) is 11.8 Å². The van der Waals surface area contributed by atoms with E-state index in [9.17, 15) is 4.79 Å². The van der Waals surface area contributed by atoms with Crippen molar-refractivity contribution in [1.29, 1.82) is 0 Å². The number of hydrogen-bond acceptors (Lipinski definition) is 4. The Kier molecular flexibility index (Phi) is 2.74. The molecule has 126 valence electrons. The first-order valence-corrected chi connectivity index (χ1v) is 8.76. The highest BCUT2D eigenvalue weighted by Crippen LogP contribution is 2.50. The highest BCUT2D eigenvalue weighted by atomic mass is 16.5. The number of hydrogen-bond donors (Lipinski definition) is 1. The Morgan fingerprint density at radius 3 is 2.92 bits per heavy atom. The third-order valence-corrected chi connectivity index (χ3v) is 5.80. The summed E-state index contributed by atoms with van der Waals surface area (Å²) in [5, 5.41) is 8.44. The summed E-state index contributed by atoms with van der Waals surface area (Å²) in [6.07, 6.45) is 6.78. The summed E-state index contributed by atoms with van der Waals surface area (Å²) in [5.74, 6) is 0.505. The molecule has 4 aliphatic rings. The van der Waals surface area contributed by atoms with Gasteiger partial charge in [0.15, 0.2) is 5.65 Å². The van der Waals surface area contributed by atoms with Gasteiger partial charge in [-0.3, -0.25) is 9.48 Å². The van der Waals surface area contributed by atoms with Gasteiger partial charge in [0, 0.05) is 30.8 Å². The van der Waals surface area contributed by atoms with Crippen LogP contribution < -0.4 is 5.32 Å². The quantitative estimate of drug-likeness (QED) is 0.939. The molecule has 0 atom stereocenters. The minimum atomic E-state index is -0.0956. The van der Waals surface area contributed by atoms with Crippen LogP contribution in [0.15, 0.2) is 12.3 Å². The van der Waals surface area contributed by atoms with Crippen LogP contribution in [0.2, 0.25) is 0 Å². The number of nitrogens with zero attached hydrogens (tertiary/aromatic N) is 3. The van der Waals surface area contributed by atoms with Crippen molar-refractivity contribution in [3.8, 4) is 0 Å². The summed E-state index contributed by atoms with van der Waals surface area (Å²) in [4.78, 5) is 17.8. The molecular formula is C18H22N4O2. The lowest BCUT2D eigenvalue weighted by molar-refractivity contribution is -0.183. The van der Waals surface area contributed by atoms with Crippen LogP contribution >= 0.6 is 0 Å². The number of aromatic nitrogens is 3. The summed E-state index contributed by atoms with van der Waals surface area (Å²) < 4.78 is 7.56. The molecule has 1 amide bonds. The molecule has 4 heterocycles. The van der Waals surface area contributed by atoms with E-state index < -0.39 is 0 Å². The van der Waals surface area contributed by atoms with Gasteiger partial charge in [-0.15, -0.1) is 0 Å². The van der Waals surface area contributed by atoms with Crippen molar-refractivity contribution in [1.82, 2.24) is 20.1 Å². The van der Waals surface area contributed by atoms with Crippen molar-refractivity contribution in [2.45, 2.75) is 56.1 Å². The summed E-state index contributed by atoms with van der Waals surface area (Å²) in [7, 11) is 1.88. The summed E-state index contributed by atoms with van der Waals surface area (Å²) in [5.41, 5.74) is 2.39. The Morgan fingerprint density at radius 1 is 1.42 bits per heavy atom. The fourth-order valence-corrected chi connectivity index (χ4v) is 4.52. The molecule has 2 saturated carbocycles. The van der Waals surface area contributed by atoms with Crippen molar-refractivity contribution < 1.29 is 9.53 Å². The molecule has 0 unspecified atom stereocenters. The monoisotopic (exact) mass is 326 g/mol. The van der Waals surface area contributed by atoms with E-state index in [-0.39, 0.29) is 17.0 Å². The van der Waals surface area contributed by atoms with Crippen molar-refractivity contribution in [2.75, 3.05) is 6.61 Å². The number of nitrogens with one attached hydrogen (secondary N) is 1. The lowest BCUT2D eigenvalue weighted by Gasteiger charge is -2.58. The van der Waals surface area contributed by atoms with Crippen LogP contribution in [0.25, 0.3) is 11.0 Å². The predicted molar refractivity (Wildman–Crippen MR) is 88.9 cm³/mol. The van der Waals surface area contributed by atoms with Gasteiger partial charge in [0.1, 0.15) is 0 Å². The van der Waals surface area contributed by atoms with Gasteiger partial charge in [0.05, 0.1) is 22.7 Å². The minimum absolute atomic E-state index is 0.00116. The number of aryl methyl sites for hydroxylation is 1. The van der Waals surface area contributed by atoms with Gasteiger partial charge >= 0.3 is 0 Å². The second-order valence-corrected chi connectivity index (χ2v) is 8.01. The van der Waals surface area contributed by atoms with Gasteiger partial charge in [0.2, 0.25) is 0 Å². The zero-order valence-corrected chi connectivity index (χ0v) is 14.1. The molecule has 2 saturated heterocycles. The average Bonchev–Trinajstić information content (AvgIpc) is 3.30. The number of fused-ring (bicyclic) bond motifs is 3. The Hall–Kier alpha value is -1.95. The molecule has 6 rings (SSSR count). The molecule has 0 radical (unpaired) electrons. The fourth-order valence-electron chi connectivity index (χ4n) is 4.52. The SMILES string of the molecule is Cn1ncc2c(C(=O)NC34CCOC(C)(C3)C4)cc(C3CC3)nc21. The lowest BCUT2D eigenvalue weighted by atomic mass is 9.62. The minimum Gasteiger partial charge on any atom is -0.375 e. The fraction of sp³-hybridized carbons (Fsp3) is 0.611. The van der Waals surface area contributed by atoms with Crippen LogP contribution in [0.5, 0.6) is 0 Å². The third-order valence-electron chi connectivity index (χ3n) is 5.80. The Bertz CT molecular complexity index is 846. The van der Waals surface area contributed by atoms with Gasteiger partial charge in [0.25, 0.3) is 5.91 Å². The second-order valence-electron chi connectivity index (χ2n) is 8.01. The first-order valence-electron chi connectivity index (χ1n) is 8.76. The van der Waals surface area contributed by atoms with Gasteiger partial charge in [-0.25, -0.2) is 4.98 Å². The maximum Gasteiger partial charge on any atom is 0.252 e. The normalized spacial score (nSPS) is 31.8. The molecule has 24 heavy (non-hydrogen) atoms. The number of carbonyl (C=O) groups is 1. The number of carbonyl (C=O) groups excluding carboxylic acids is 1. The summed E-state index contributed by atoms with van der Waals surface area (Å²) in [6.45, 7) is 2.86. The first-order chi connectivity index (χ1) is 11.5. The summed E-state index contributed by atoms with van der Waals surface area (Å²) >= 11 is 0. The largest absolute Gasteiger partial charge is 0.375 e. The predicted octanol–water partition coefficient (Wildman–Crippen LogP) is 2.29. The maximum absolute atomic E-state index is 13.0. The molecule has 0 aromatic carbocycles. The van der Waals surface area contributed by atoms with E-state index in [1.807, 2.05) is 13.1 Å². The highest BCUT2D eigenvalue weighted by molar-refractivity contribution is 6.06. The standard InChI is InChI=1S/C18H22N4O2/c1-17-9-18(10-17,5-6-24-17)21-16(23)12-7-14(11-3-4-11)20-15-13(12)8-19-22(15)2/h7-8,11H,3-6,9-10H2,1-2H3,(H,21,23). The number of pyridine rings is 1. The molecule has 6 heteroatoms. The molecule has 4 fully saturated rings. The second kappa shape index (κ2) is 4.57. The zero-order valence-electron chi connectivity index (χ0n) is 14.1. The van der Waals surface area contributed by atoms with E-state index >= 15 is 0 Å². The van der Waals surface area contributed by atoms with E-state index in [4.69, 9.17) is 9.72 Å². The number of ether oxygens (including phenoxy) is 1. The molecule has 2 aromatic heterocycles. The lowest BCUT2D eigenvalue weighted by Crippen LogP contribution is -2.68. The molecule has 6 nitrogen and oxygen atoms in total. The summed E-state index contributed by atoms with van der Waals surface area (Å²) in [6, 6.07) is 1.98. The number of amides is 1. The number of rotatable bonds is 3. The van der Waals surface area contributed by atoms with E-state index in [1.165, 1.54) is 0 Å². The van der Waals surface area contributed by atoms with E-state index in [1.54, 1.807) is 10.9 Å². The van der Waals surface area contributed by atoms with Crippen molar-refractivity contribution in [3.05, 3.63) is 23.5 Å². The van der Waals surface area contributed by atoms with Crippen molar-refractivity contribution in [3.63, 3.8) is 0 Å². The van der Waals surface area contributed by atoms with Crippen molar-refractivity contribution in [2.24, 2.45) is 7.05 Å². The average molecular weight is 326 g/mol. The molecular weight excluding hydrogens is 304 g/mol. The molecule has 2 bridgehead atoms. The smallest absolute Gasteiger partial charge is 0.252 e. The van der Waals surface area contributed by atoms with Gasteiger partial charge < -0.3 is 10.1 Å². The highest BCUT2D eigenvalue weighted by Gasteiger charge is 2.56. The molecule has 2 aliphatic heterocycles. The third kappa shape index (κ3) is 2.09. The van der Waals surface area contributed by atoms with Crippen LogP contribution in [0.3, 0.4) is 0 Å².